The van der Waals surface area contributed by atoms with Crippen molar-refractivity contribution in [1.82, 2.24) is 9.38 Å². The molecule has 2 atom stereocenters. The number of fused-ring (bicyclic) bond motifs is 3. The van der Waals surface area contributed by atoms with Crippen molar-refractivity contribution < 1.29 is 14.3 Å². The molecule has 0 fully saturated rings. The van der Waals surface area contributed by atoms with Gasteiger partial charge in [0.25, 0.3) is 0 Å². The molecule has 1 N–H and O–H groups in total. The molecule has 0 aliphatic carbocycles. The summed E-state index contributed by atoms with van der Waals surface area (Å²) in [5.74, 6) is 0.0326. The van der Waals surface area contributed by atoms with Gasteiger partial charge in [-0.15, -0.1) is 0 Å². The van der Waals surface area contributed by atoms with E-state index in [1.165, 1.54) is 5.56 Å². The molecule has 6 nitrogen and oxygen atoms in total. The van der Waals surface area contributed by atoms with Gasteiger partial charge in [-0.05, 0) is 31.5 Å². The van der Waals surface area contributed by atoms with E-state index in [0.717, 1.165) is 34.7 Å². The lowest BCUT2D eigenvalue weighted by atomic mass is 9.91. The fourth-order valence-electron chi connectivity index (χ4n) is 4.35. The van der Waals surface area contributed by atoms with Gasteiger partial charge in [-0.1, -0.05) is 48.5 Å². The Morgan fingerprint density at radius 3 is 2.44 bits per heavy atom. The van der Waals surface area contributed by atoms with Crippen molar-refractivity contribution in [3.8, 4) is 5.88 Å². The third kappa shape index (κ3) is 3.42. The highest BCUT2D eigenvalue weighted by Crippen LogP contribution is 2.44. The molecule has 5 rings (SSSR count). The second-order valence-corrected chi connectivity index (χ2v) is 8.08. The van der Waals surface area contributed by atoms with Crippen LogP contribution in [-0.2, 0) is 4.74 Å². The number of benzene rings is 2. The molecule has 1 aliphatic rings. The van der Waals surface area contributed by atoms with E-state index in [1.807, 2.05) is 60.7 Å². The number of aryl methyl sites for hydroxylation is 2. The standard InChI is InChI=1S/C26H25N3O3/c1-16-17(2)29-23(32-26(30)19-12-8-5-9-13-19)14-20-22(31-3)15-21(18-10-6-4-7-11-18)28-24(20)25(29)27-16/h4-14,21-22,28H,15H2,1-3H3. The lowest BCUT2D eigenvalue weighted by Gasteiger charge is -2.33. The van der Waals surface area contributed by atoms with Crippen LogP contribution in [0.25, 0.3) is 5.65 Å². The Bertz CT molecular complexity index is 1280. The van der Waals surface area contributed by atoms with E-state index >= 15 is 0 Å². The maximum Gasteiger partial charge on any atom is 0.344 e. The molecule has 3 heterocycles. The highest BCUT2D eigenvalue weighted by Gasteiger charge is 2.32. The number of methoxy groups -OCH3 is 1. The second kappa shape index (κ2) is 8.13. The second-order valence-electron chi connectivity index (χ2n) is 8.08. The zero-order chi connectivity index (χ0) is 22.2. The lowest BCUT2D eigenvalue weighted by molar-refractivity contribution is 0.0719. The van der Waals surface area contributed by atoms with Gasteiger partial charge < -0.3 is 14.8 Å². The first-order valence-electron chi connectivity index (χ1n) is 10.7. The lowest BCUT2D eigenvalue weighted by Crippen LogP contribution is -2.24. The van der Waals surface area contributed by atoms with Crippen LogP contribution in [0.4, 0.5) is 5.69 Å². The summed E-state index contributed by atoms with van der Waals surface area (Å²) in [4.78, 5) is 17.6. The smallest absolute Gasteiger partial charge is 0.344 e. The van der Waals surface area contributed by atoms with Gasteiger partial charge in [0.1, 0.15) is 0 Å². The van der Waals surface area contributed by atoms with Crippen molar-refractivity contribution in [2.45, 2.75) is 32.4 Å². The number of pyridine rings is 1. The van der Waals surface area contributed by atoms with Gasteiger partial charge in [0.15, 0.2) is 5.65 Å². The monoisotopic (exact) mass is 427 g/mol. The van der Waals surface area contributed by atoms with Crippen LogP contribution < -0.4 is 10.1 Å². The predicted molar refractivity (Wildman–Crippen MR) is 123 cm³/mol. The summed E-state index contributed by atoms with van der Waals surface area (Å²) in [5.41, 5.74) is 6.08. The molecule has 1 aliphatic heterocycles. The van der Waals surface area contributed by atoms with Crippen molar-refractivity contribution in [2.75, 3.05) is 12.4 Å². The van der Waals surface area contributed by atoms with Gasteiger partial charge >= 0.3 is 5.97 Å². The Morgan fingerprint density at radius 1 is 1.06 bits per heavy atom. The third-order valence-corrected chi connectivity index (χ3v) is 6.16. The van der Waals surface area contributed by atoms with Crippen LogP contribution in [0.2, 0.25) is 0 Å². The highest BCUT2D eigenvalue weighted by atomic mass is 16.5. The fourth-order valence-corrected chi connectivity index (χ4v) is 4.35. The van der Waals surface area contributed by atoms with Crippen LogP contribution in [0.5, 0.6) is 5.88 Å². The van der Waals surface area contributed by atoms with Crippen LogP contribution in [-0.4, -0.2) is 22.5 Å². The van der Waals surface area contributed by atoms with E-state index in [4.69, 9.17) is 14.5 Å². The van der Waals surface area contributed by atoms with Crippen molar-refractivity contribution in [2.24, 2.45) is 0 Å². The summed E-state index contributed by atoms with van der Waals surface area (Å²) < 4.78 is 13.7. The van der Waals surface area contributed by atoms with E-state index in [2.05, 4.69) is 17.4 Å². The van der Waals surface area contributed by atoms with E-state index in [-0.39, 0.29) is 12.1 Å². The molecule has 6 heteroatoms. The molecule has 0 saturated heterocycles. The molecule has 2 unspecified atom stereocenters. The number of nitrogens with zero attached hydrogens (tertiary/aromatic N) is 2. The van der Waals surface area contributed by atoms with Crippen LogP contribution in [0.1, 0.15) is 51.4 Å². The molecular weight excluding hydrogens is 402 g/mol. The number of aromatic nitrogens is 2. The molecule has 0 radical (unpaired) electrons. The molecule has 4 aromatic rings. The SMILES string of the molecule is COC1CC(c2ccccc2)Nc2c1cc(OC(=O)c1ccccc1)n1c(C)c(C)nc21. The Morgan fingerprint density at radius 2 is 1.75 bits per heavy atom. The molecule has 0 saturated carbocycles. The normalized spacial score (nSPS) is 17.6. The first kappa shape index (κ1) is 20.3. The molecule has 2 aromatic carbocycles. The highest BCUT2D eigenvalue weighted by molar-refractivity contribution is 5.91. The van der Waals surface area contributed by atoms with Gasteiger partial charge in [-0.3, -0.25) is 4.40 Å². The number of nitrogens with one attached hydrogen (secondary N) is 1. The van der Waals surface area contributed by atoms with Crippen LogP contribution in [0.15, 0.2) is 66.7 Å². The topological polar surface area (TPSA) is 64.9 Å². The third-order valence-electron chi connectivity index (χ3n) is 6.16. The summed E-state index contributed by atoms with van der Waals surface area (Å²) in [6, 6.07) is 21.3. The van der Waals surface area contributed by atoms with Crippen molar-refractivity contribution in [1.29, 1.82) is 0 Å². The van der Waals surface area contributed by atoms with Crippen molar-refractivity contribution in [3.63, 3.8) is 0 Å². The summed E-state index contributed by atoms with van der Waals surface area (Å²) >= 11 is 0. The predicted octanol–water partition coefficient (Wildman–Crippen LogP) is 5.41. The minimum absolute atomic E-state index is 0.0903. The number of carbonyl (C=O) groups excluding carboxylic acids is 1. The Hall–Kier alpha value is -3.64. The van der Waals surface area contributed by atoms with Gasteiger partial charge in [-0.2, -0.15) is 0 Å². The zero-order valence-electron chi connectivity index (χ0n) is 18.3. The van der Waals surface area contributed by atoms with Crippen LogP contribution in [0, 0.1) is 13.8 Å². The van der Waals surface area contributed by atoms with Crippen LogP contribution >= 0.6 is 0 Å². The maximum absolute atomic E-state index is 12.8. The first-order valence-corrected chi connectivity index (χ1v) is 10.7. The van der Waals surface area contributed by atoms with Crippen molar-refractivity contribution in [3.05, 3.63) is 94.8 Å². The number of hydrogen-bond donors (Lipinski definition) is 1. The number of rotatable bonds is 4. The zero-order valence-corrected chi connectivity index (χ0v) is 18.3. The molecule has 162 valence electrons. The van der Waals surface area contributed by atoms with Gasteiger partial charge in [-0.25, -0.2) is 9.78 Å². The number of imidazole rings is 1. The summed E-state index contributed by atoms with van der Waals surface area (Å²) in [6.45, 7) is 3.94. The average Bonchev–Trinajstić information content (AvgIpc) is 3.14. The number of esters is 1. The molecule has 2 aromatic heterocycles. The molecule has 32 heavy (non-hydrogen) atoms. The van der Waals surface area contributed by atoms with E-state index in [0.29, 0.717) is 11.4 Å². The minimum Gasteiger partial charge on any atom is -0.405 e. The summed E-state index contributed by atoms with van der Waals surface area (Å²) in [5, 5.41) is 3.67. The largest absolute Gasteiger partial charge is 0.405 e. The molecule has 0 amide bonds. The van der Waals surface area contributed by atoms with E-state index in [9.17, 15) is 4.79 Å². The number of hydrogen-bond acceptors (Lipinski definition) is 5. The van der Waals surface area contributed by atoms with Gasteiger partial charge in [0, 0.05) is 30.9 Å². The Kier molecular flexibility index (Phi) is 5.15. The Labute approximate surface area is 186 Å². The average molecular weight is 428 g/mol. The van der Waals surface area contributed by atoms with Gasteiger partial charge in [0.2, 0.25) is 5.88 Å². The van der Waals surface area contributed by atoms with Crippen molar-refractivity contribution >= 4 is 17.3 Å². The van der Waals surface area contributed by atoms with E-state index in [1.54, 1.807) is 19.2 Å². The van der Waals surface area contributed by atoms with E-state index < -0.39 is 5.97 Å². The maximum atomic E-state index is 12.8. The summed E-state index contributed by atoms with van der Waals surface area (Å²) in [7, 11) is 1.71. The number of anilines is 1. The fraction of sp³-hybridized carbons (Fsp3) is 0.231. The molecule has 0 spiro atoms. The number of ether oxygens (including phenoxy) is 2. The van der Waals surface area contributed by atoms with Crippen LogP contribution in [0.3, 0.4) is 0 Å². The summed E-state index contributed by atoms with van der Waals surface area (Å²) in [6.07, 6.45) is 0.599. The molecular formula is C26H25N3O3. The number of carbonyl (C=O) groups is 1. The minimum atomic E-state index is -0.405. The van der Waals surface area contributed by atoms with Gasteiger partial charge in [0.05, 0.1) is 29.1 Å². The first-order chi connectivity index (χ1) is 15.6. The molecule has 0 bridgehead atoms. The quantitative estimate of drug-likeness (QED) is 0.441. The Balaban J connectivity index is 1.63.